The first kappa shape index (κ1) is 13.6. The van der Waals surface area contributed by atoms with Gasteiger partial charge in [0.1, 0.15) is 5.75 Å². The molecule has 0 spiro atoms. The van der Waals surface area contributed by atoms with Crippen LogP contribution in [0.2, 0.25) is 0 Å². The summed E-state index contributed by atoms with van der Waals surface area (Å²) in [4.78, 5) is 17.3. The third-order valence-corrected chi connectivity index (χ3v) is 4.09. The Labute approximate surface area is 120 Å². The molecule has 1 aromatic rings. The molecular weight excluding hydrogens is 252 g/mol. The number of rotatable bonds is 4. The van der Waals surface area contributed by atoms with Crippen molar-refractivity contribution < 1.29 is 9.53 Å². The molecule has 4 rings (SSSR count). The fraction of sp³-hybridized carbons (Fsp3) is 0.562. The molecule has 0 aromatic heterocycles. The zero-order valence-corrected chi connectivity index (χ0v) is 12.2. The second-order valence-electron chi connectivity index (χ2n) is 5.91. The van der Waals surface area contributed by atoms with E-state index >= 15 is 0 Å². The Morgan fingerprint density at radius 1 is 1.15 bits per heavy atom. The molecular formula is C16H22N2O2. The first-order valence-electron chi connectivity index (χ1n) is 7.41. The normalized spacial score (nSPS) is 28.6. The van der Waals surface area contributed by atoms with Crippen molar-refractivity contribution in [2.45, 2.75) is 26.0 Å². The van der Waals surface area contributed by atoms with E-state index in [9.17, 15) is 4.79 Å². The van der Waals surface area contributed by atoms with E-state index in [0.717, 1.165) is 44.0 Å². The third-order valence-electron chi connectivity index (χ3n) is 4.09. The number of hydrogen-bond acceptors (Lipinski definition) is 4. The van der Waals surface area contributed by atoms with E-state index in [0.29, 0.717) is 0 Å². The minimum absolute atomic E-state index is 0.0365. The monoisotopic (exact) mass is 274 g/mol. The molecule has 3 aliphatic heterocycles. The zero-order chi connectivity index (χ0) is 14.1. The van der Waals surface area contributed by atoms with Crippen LogP contribution in [0, 0.1) is 0 Å². The van der Waals surface area contributed by atoms with Crippen molar-refractivity contribution >= 4 is 5.78 Å². The average Bonchev–Trinajstić information content (AvgIpc) is 2.48. The molecule has 1 aromatic carbocycles. The Hall–Kier alpha value is -1.39. The quantitative estimate of drug-likeness (QED) is 0.782. The van der Waals surface area contributed by atoms with Gasteiger partial charge in [0.15, 0.2) is 5.78 Å². The Morgan fingerprint density at radius 3 is 2.30 bits per heavy atom. The highest BCUT2D eigenvalue weighted by Crippen LogP contribution is 2.21. The molecule has 108 valence electrons. The Morgan fingerprint density at radius 2 is 1.80 bits per heavy atom. The van der Waals surface area contributed by atoms with E-state index in [1.54, 1.807) is 0 Å². The summed E-state index contributed by atoms with van der Waals surface area (Å²) in [7, 11) is 0. The lowest BCUT2D eigenvalue weighted by atomic mass is 9.98. The van der Waals surface area contributed by atoms with Gasteiger partial charge in [-0.25, -0.2) is 0 Å². The molecule has 20 heavy (non-hydrogen) atoms. The lowest BCUT2D eigenvalue weighted by Crippen LogP contribution is -2.63. The van der Waals surface area contributed by atoms with Gasteiger partial charge in [-0.2, -0.15) is 0 Å². The maximum atomic E-state index is 12.6. The van der Waals surface area contributed by atoms with E-state index in [1.807, 2.05) is 38.1 Å². The maximum absolute atomic E-state index is 12.6. The summed E-state index contributed by atoms with van der Waals surface area (Å²) in [6.07, 6.45) is 0.157. The lowest BCUT2D eigenvalue weighted by molar-refractivity contribution is 0.0159. The van der Waals surface area contributed by atoms with E-state index in [-0.39, 0.29) is 17.9 Å². The largest absolute Gasteiger partial charge is 0.491 e. The van der Waals surface area contributed by atoms with Gasteiger partial charge in [-0.3, -0.25) is 14.6 Å². The number of ether oxygens (including phenoxy) is 1. The number of nitrogens with zero attached hydrogens (tertiary/aromatic N) is 2. The van der Waals surface area contributed by atoms with Gasteiger partial charge in [-0.05, 0) is 38.1 Å². The summed E-state index contributed by atoms with van der Waals surface area (Å²) in [6, 6.07) is 7.60. The summed E-state index contributed by atoms with van der Waals surface area (Å²) < 4.78 is 5.61. The molecule has 4 heteroatoms. The summed E-state index contributed by atoms with van der Waals surface area (Å²) in [5.41, 5.74) is 0.792. The predicted octanol–water partition coefficient (Wildman–Crippen LogP) is 1.66. The number of piperazine rings is 3. The zero-order valence-electron chi connectivity index (χ0n) is 12.2. The fourth-order valence-corrected chi connectivity index (χ4v) is 3.03. The van der Waals surface area contributed by atoms with Gasteiger partial charge in [0.2, 0.25) is 0 Å². The van der Waals surface area contributed by atoms with Crippen molar-refractivity contribution in [3.63, 3.8) is 0 Å². The molecule has 0 amide bonds. The summed E-state index contributed by atoms with van der Waals surface area (Å²) >= 11 is 0. The van der Waals surface area contributed by atoms with E-state index in [2.05, 4.69) is 9.80 Å². The number of benzene rings is 1. The molecule has 1 atom stereocenters. The molecule has 3 heterocycles. The van der Waals surface area contributed by atoms with E-state index in [1.165, 1.54) is 0 Å². The Kier molecular flexibility index (Phi) is 3.76. The van der Waals surface area contributed by atoms with Crippen LogP contribution in [-0.4, -0.2) is 60.5 Å². The van der Waals surface area contributed by atoms with Crippen LogP contribution in [0.5, 0.6) is 5.75 Å². The van der Waals surface area contributed by atoms with Crippen LogP contribution in [0.1, 0.15) is 24.2 Å². The average molecular weight is 274 g/mol. The van der Waals surface area contributed by atoms with Crippen LogP contribution in [0.4, 0.5) is 0 Å². The van der Waals surface area contributed by atoms with Crippen molar-refractivity contribution in [3.05, 3.63) is 29.8 Å². The molecule has 3 saturated heterocycles. The summed E-state index contributed by atoms with van der Waals surface area (Å²) in [6.45, 7) is 9.12. The molecule has 3 aliphatic rings. The standard InChI is InChI=1S/C16H22N2O2/c1-12(2)20-14-5-3-13(4-6-14)16(19)15-11-17-7-9-18(15)10-8-17/h3-6,12,15H,7-11H2,1-2H3. The smallest absolute Gasteiger partial charge is 0.181 e. The van der Waals surface area contributed by atoms with E-state index < -0.39 is 0 Å². The van der Waals surface area contributed by atoms with Gasteiger partial charge in [0.25, 0.3) is 0 Å². The molecule has 3 fully saturated rings. The van der Waals surface area contributed by atoms with Crippen LogP contribution >= 0.6 is 0 Å². The van der Waals surface area contributed by atoms with Crippen LogP contribution in [0.15, 0.2) is 24.3 Å². The second-order valence-corrected chi connectivity index (χ2v) is 5.91. The molecule has 2 bridgehead atoms. The van der Waals surface area contributed by atoms with Gasteiger partial charge in [-0.15, -0.1) is 0 Å². The van der Waals surface area contributed by atoms with Crippen molar-refractivity contribution in [2.75, 3.05) is 32.7 Å². The molecule has 4 nitrogen and oxygen atoms in total. The molecule has 0 aliphatic carbocycles. The molecule has 1 unspecified atom stereocenters. The van der Waals surface area contributed by atoms with Crippen molar-refractivity contribution in [1.29, 1.82) is 0 Å². The van der Waals surface area contributed by atoms with Gasteiger partial charge >= 0.3 is 0 Å². The van der Waals surface area contributed by atoms with Gasteiger partial charge in [-0.1, -0.05) is 0 Å². The van der Waals surface area contributed by atoms with Crippen molar-refractivity contribution in [2.24, 2.45) is 0 Å². The summed E-state index contributed by atoms with van der Waals surface area (Å²) in [5.74, 6) is 1.07. The Bertz CT molecular complexity index is 476. The minimum Gasteiger partial charge on any atom is -0.491 e. The lowest BCUT2D eigenvalue weighted by Gasteiger charge is -2.46. The van der Waals surface area contributed by atoms with Crippen LogP contribution in [0.3, 0.4) is 0 Å². The van der Waals surface area contributed by atoms with Gasteiger partial charge < -0.3 is 4.74 Å². The van der Waals surface area contributed by atoms with Crippen LogP contribution in [-0.2, 0) is 0 Å². The van der Waals surface area contributed by atoms with Crippen molar-refractivity contribution in [1.82, 2.24) is 9.80 Å². The number of fused-ring (bicyclic) bond motifs is 3. The minimum atomic E-state index is 0.0365. The number of carbonyl (C=O) groups is 1. The number of hydrogen-bond donors (Lipinski definition) is 0. The number of ketones is 1. The fourth-order valence-electron chi connectivity index (χ4n) is 3.03. The summed E-state index contributed by atoms with van der Waals surface area (Å²) in [5, 5.41) is 0. The number of carbonyl (C=O) groups excluding carboxylic acids is 1. The first-order valence-corrected chi connectivity index (χ1v) is 7.41. The van der Waals surface area contributed by atoms with Crippen LogP contribution < -0.4 is 4.74 Å². The highest BCUT2D eigenvalue weighted by atomic mass is 16.5. The first-order chi connectivity index (χ1) is 9.63. The predicted molar refractivity (Wildman–Crippen MR) is 78.3 cm³/mol. The molecule has 0 N–H and O–H groups in total. The van der Waals surface area contributed by atoms with E-state index in [4.69, 9.17) is 4.74 Å². The third kappa shape index (κ3) is 2.72. The highest BCUT2D eigenvalue weighted by molar-refractivity contribution is 6.00. The maximum Gasteiger partial charge on any atom is 0.181 e. The highest BCUT2D eigenvalue weighted by Gasteiger charge is 2.36. The second kappa shape index (κ2) is 5.54. The van der Waals surface area contributed by atoms with Gasteiger partial charge in [0.05, 0.1) is 12.1 Å². The number of Topliss-reactive ketones (excluding diaryl/α,β-unsaturated/α-hetero) is 1. The topological polar surface area (TPSA) is 32.8 Å². The molecule has 0 radical (unpaired) electrons. The van der Waals surface area contributed by atoms with Gasteiger partial charge in [0, 0.05) is 38.3 Å². The van der Waals surface area contributed by atoms with Crippen LogP contribution in [0.25, 0.3) is 0 Å². The van der Waals surface area contributed by atoms with Crippen molar-refractivity contribution in [3.8, 4) is 5.75 Å². The SMILES string of the molecule is CC(C)Oc1ccc(C(=O)C2CN3CCN2CC3)cc1. The Balaban J connectivity index is 1.71. The molecule has 0 saturated carbocycles.